The number of nitrogens with one attached hydrogen (secondary N) is 1. The van der Waals surface area contributed by atoms with Crippen LogP contribution in [0, 0.1) is 0 Å². The van der Waals surface area contributed by atoms with E-state index in [0.717, 1.165) is 18.0 Å². The first-order chi connectivity index (χ1) is 6.72. The molecule has 1 aromatic rings. The maximum atomic E-state index is 5.71. The minimum absolute atomic E-state index is 0.398. The molecule has 1 rings (SSSR count). The van der Waals surface area contributed by atoms with Crippen molar-refractivity contribution >= 4 is 29.2 Å². The Labute approximate surface area is 93.7 Å². The normalized spacial score (nSPS) is 12.5. The molecule has 0 aliphatic carbocycles. The second-order valence-corrected chi connectivity index (χ2v) is 4.43. The second kappa shape index (κ2) is 6.09. The highest BCUT2D eigenvalue weighted by Gasteiger charge is 2.02. The second-order valence-electron chi connectivity index (χ2n) is 3.05. The molecule has 1 aromatic heterocycles. The Bertz CT molecular complexity index is 283. The molecule has 14 heavy (non-hydrogen) atoms. The summed E-state index contributed by atoms with van der Waals surface area (Å²) in [6, 6.07) is 0.398. The van der Waals surface area contributed by atoms with Gasteiger partial charge in [0.05, 0.1) is 12.4 Å². The molecule has 0 saturated carbocycles. The largest absolute Gasteiger partial charge is 0.366 e. The average Bonchev–Trinajstić information content (AvgIpc) is 2.15. The van der Waals surface area contributed by atoms with Crippen LogP contribution in [0.25, 0.3) is 0 Å². The maximum Gasteiger partial charge on any atom is 0.149 e. The van der Waals surface area contributed by atoms with Gasteiger partial charge in [-0.15, -0.1) is 0 Å². The van der Waals surface area contributed by atoms with Crippen LogP contribution in [0.15, 0.2) is 12.4 Å². The topological polar surface area (TPSA) is 37.8 Å². The molecule has 0 aliphatic rings. The fourth-order valence-electron chi connectivity index (χ4n) is 1.03. The first-order valence-electron chi connectivity index (χ1n) is 4.45. The van der Waals surface area contributed by atoms with Crippen molar-refractivity contribution in [3.05, 3.63) is 17.5 Å². The van der Waals surface area contributed by atoms with Crippen molar-refractivity contribution in [3.63, 3.8) is 0 Å². The van der Waals surface area contributed by atoms with Crippen LogP contribution in [-0.4, -0.2) is 28.0 Å². The van der Waals surface area contributed by atoms with Crippen LogP contribution in [0.2, 0.25) is 5.15 Å². The van der Waals surface area contributed by atoms with Crippen LogP contribution in [0.1, 0.15) is 13.3 Å². The molecule has 0 spiro atoms. The van der Waals surface area contributed by atoms with Crippen molar-refractivity contribution < 1.29 is 0 Å². The van der Waals surface area contributed by atoms with Crippen molar-refractivity contribution in [2.24, 2.45) is 0 Å². The molecular weight excluding hydrogens is 218 g/mol. The number of nitrogens with zero attached hydrogens (tertiary/aromatic N) is 2. The van der Waals surface area contributed by atoms with Gasteiger partial charge in [-0.1, -0.05) is 11.6 Å². The quantitative estimate of drug-likeness (QED) is 0.846. The Morgan fingerprint density at radius 2 is 2.36 bits per heavy atom. The molecule has 3 nitrogen and oxygen atoms in total. The van der Waals surface area contributed by atoms with E-state index in [-0.39, 0.29) is 0 Å². The minimum Gasteiger partial charge on any atom is -0.366 e. The average molecular weight is 232 g/mol. The zero-order valence-electron chi connectivity index (χ0n) is 8.33. The molecule has 1 N–H and O–H groups in total. The van der Waals surface area contributed by atoms with Crippen LogP contribution in [0.4, 0.5) is 5.82 Å². The van der Waals surface area contributed by atoms with Gasteiger partial charge < -0.3 is 5.32 Å². The summed E-state index contributed by atoms with van der Waals surface area (Å²) < 4.78 is 0. The smallest absolute Gasteiger partial charge is 0.149 e. The summed E-state index contributed by atoms with van der Waals surface area (Å²) in [7, 11) is 0. The SMILES string of the molecule is CSCCC(C)Nc1cncc(Cl)n1. The third-order valence-electron chi connectivity index (χ3n) is 1.75. The van der Waals surface area contributed by atoms with E-state index >= 15 is 0 Å². The summed E-state index contributed by atoms with van der Waals surface area (Å²) in [6.07, 6.45) is 6.42. The molecule has 1 heterocycles. The van der Waals surface area contributed by atoms with Crippen molar-refractivity contribution in [1.82, 2.24) is 9.97 Å². The fourth-order valence-corrected chi connectivity index (χ4v) is 1.77. The van der Waals surface area contributed by atoms with E-state index in [2.05, 4.69) is 28.5 Å². The van der Waals surface area contributed by atoms with Crippen LogP contribution in [-0.2, 0) is 0 Å². The molecular formula is C9H14ClN3S. The van der Waals surface area contributed by atoms with E-state index in [1.807, 2.05) is 11.8 Å². The molecule has 0 aromatic carbocycles. The van der Waals surface area contributed by atoms with Gasteiger partial charge in [0.1, 0.15) is 11.0 Å². The Morgan fingerprint density at radius 3 is 3.00 bits per heavy atom. The predicted molar refractivity (Wildman–Crippen MR) is 63.1 cm³/mol. The van der Waals surface area contributed by atoms with Crippen molar-refractivity contribution in [1.29, 1.82) is 0 Å². The van der Waals surface area contributed by atoms with Gasteiger partial charge in [0.2, 0.25) is 0 Å². The molecule has 0 aliphatic heterocycles. The predicted octanol–water partition coefficient (Wildman–Crippen LogP) is 2.68. The molecule has 1 unspecified atom stereocenters. The standard InChI is InChI=1S/C9H14ClN3S/c1-7(3-4-14-2)12-9-6-11-5-8(10)13-9/h5-7H,3-4H2,1-2H3,(H,12,13). The summed E-state index contributed by atoms with van der Waals surface area (Å²) in [5.74, 6) is 1.88. The number of hydrogen-bond acceptors (Lipinski definition) is 4. The van der Waals surface area contributed by atoms with Gasteiger partial charge in [0.25, 0.3) is 0 Å². The van der Waals surface area contributed by atoms with Crippen molar-refractivity contribution in [3.8, 4) is 0 Å². The summed E-state index contributed by atoms with van der Waals surface area (Å²) in [5.41, 5.74) is 0. The van der Waals surface area contributed by atoms with E-state index in [0.29, 0.717) is 11.2 Å². The number of rotatable bonds is 5. The van der Waals surface area contributed by atoms with Gasteiger partial charge in [-0.25, -0.2) is 4.98 Å². The van der Waals surface area contributed by atoms with E-state index in [1.54, 1.807) is 6.20 Å². The van der Waals surface area contributed by atoms with Crippen LogP contribution >= 0.6 is 23.4 Å². The summed E-state index contributed by atoms with van der Waals surface area (Å²) in [6.45, 7) is 2.12. The molecule has 1 atom stereocenters. The number of thioether (sulfide) groups is 1. The zero-order chi connectivity index (χ0) is 10.4. The highest BCUT2D eigenvalue weighted by Crippen LogP contribution is 2.10. The number of halogens is 1. The Kier molecular flexibility index (Phi) is 5.04. The maximum absolute atomic E-state index is 5.71. The highest BCUT2D eigenvalue weighted by atomic mass is 35.5. The van der Waals surface area contributed by atoms with Gasteiger partial charge in [0.15, 0.2) is 0 Å². The number of anilines is 1. The van der Waals surface area contributed by atoms with Crippen molar-refractivity contribution in [2.45, 2.75) is 19.4 Å². The zero-order valence-corrected chi connectivity index (χ0v) is 9.90. The highest BCUT2D eigenvalue weighted by molar-refractivity contribution is 7.98. The van der Waals surface area contributed by atoms with E-state index < -0.39 is 0 Å². The Hall–Kier alpha value is -0.480. The summed E-state index contributed by atoms with van der Waals surface area (Å²) in [5, 5.41) is 3.67. The van der Waals surface area contributed by atoms with E-state index in [9.17, 15) is 0 Å². The van der Waals surface area contributed by atoms with Gasteiger partial charge in [0, 0.05) is 6.04 Å². The molecule has 0 bridgehead atoms. The van der Waals surface area contributed by atoms with Gasteiger partial charge in [-0.05, 0) is 25.4 Å². The first-order valence-corrected chi connectivity index (χ1v) is 6.22. The lowest BCUT2D eigenvalue weighted by Gasteiger charge is -2.13. The van der Waals surface area contributed by atoms with Crippen molar-refractivity contribution in [2.75, 3.05) is 17.3 Å². The molecule has 0 fully saturated rings. The first kappa shape index (κ1) is 11.6. The monoisotopic (exact) mass is 231 g/mol. The van der Waals surface area contributed by atoms with Gasteiger partial charge in [-0.3, -0.25) is 4.98 Å². The molecule has 78 valence electrons. The lowest BCUT2D eigenvalue weighted by atomic mass is 10.2. The van der Waals surface area contributed by atoms with Crippen LogP contribution in [0.5, 0.6) is 0 Å². The van der Waals surface area contributed by atoms with E-state index in [1.165, 1.54) is 6.20 Å². The summed E-state index contributed by atoms with van der Waals surface area (Å²) >= 11 is 7.56. The minimum atomic E-state index is 0.398. The molecule has 0 radical (unpaired) electrons. The molecule has 0 amide bonds. The molecule has 0 saturated heterocycles. The van der Waals surface area contributed by atoms with E-state index in [4.69, 9.17) is 11.6 Å². The third kappa shape index (κ3) is 4.15. The van der Waals surface area contributed by atoms with Gasteiger partial charge >= 0.3 is 0 Å². The van der Waals surface area contributed by atoms with Crippen LogP contribution < -0.4 is 5.32 Å². The van der Waals surface area contributed by atoms with Gasteiger partial charge in [-0.2, -0.15) is 11.8 Å². The lowest BCUT2D eigenvalue weighted by molar-refractivity contribution is 0.766. The summed E-state index contributed by atoms with van der Waals surface area (Å²) in [4.78, 5) is 8.06. The lowest BCUT2D eigenvalue weighted by Crippen LogP contribution is -2.16. The molecule has 5 heteroatoms. The number of hydrogen-bond donors (Lipinski definition) is 1. The third-order valence-corrected chi connectivity index (χ3v) is 2.58. The number of aromatic nitrogens is 2. The van der Waals surface area contributed by atoms with Crippen LogP contribution in [0.3, 0.4) is 0 Å². The Morgan fingerprint density at radius 1 is 1.57 bits per heavy atom. The fraction of sp³-hybridized carbons (Fsp3) is 0.556. The Balaban J connectivity index is 2.43.